The van der Waals surface area contributed by atoms with Crippen LogP contribution in [0.25, 0.3) is 0 Å². The minimum absolute atomic E-state index is 0.109. The average molecular weight is 348 g/mol. The van der Waals surface area contributed by atoms with Crippen LogP contribution in [-0.2, 0) is 16.9 Å². The Labute approximate surface area is 143 Å². The van der Waals surface area contributed by atoms with Crippen molar-refractivity contribution in [1.82, 2.24) is 9.78 Å². The molecule has 24 heavy (non-hydrogen) atoms. The minimum Gasteiger partial charge on any atom is -0.379 e. The lowest BCUT2D eigenvalue weighted by Crippen LogP contribution is -2.42. The van der Waals surface area contributed by atoms with E-state index < -0.39 is 9.84 Å². The second-order valence-corrected chi connectivity index (χ2v) is 8.45. The number of rotatable bonds is 5. The lowest BCUT2D eigenvalue weighted by molar-refractivity contribution is 0.529. The second-order valence-electron chi connectivity index (χ2n) is 6.20. The van der Waals surface area contributed by atoms with Crippen molar-refractivity contribution < 1.29 is 8.42 Å². The number of nitrogens with one attached hydrogen (secondary N) is 1. The van der Waals surface area contributed by atoms with Crippen LogP contribution in [0, 0.1) is 0 Å². The van der Waals surface area contributed by atoms with E-state index in [9.17, 15) is 8.42 Å². The molecule has 3 rings (SSSR count). The van der Waals surface area contributed by atoms with E-state index in [0.29, 0.717) is 10.6 Å². The maximum Gasteiger partial charge on any atom is 0.180 e. The number of benzene rings is 1. The Morgan fingerprint density at radius 3 is 2.83 bits per heavy atom. The quantitative estimate of drug-likeness (QED) is 0.898. The lowest BCUT2D eigenvalue weighted by atomic mass is 10.0. The van der Waals surface area contributed by atoms with Crippen molar-refractivity contribution in [2.75, 3.05) is 29.1 Å². The van der Waals surface area contributed by atoms with Crippen LogP contribution < -0.4 is 10.2 Å². The maximum atomic E-state index is 12.3. The van der Waals surface area contributed by atoms with Crippen molar-refractivity contribution in [2.24, 2.45) is 7.05 Å². The Hall–Kier alpha value is -2.02. The molecule has 0 amide bonds. The minimum atomic E-state index is -3.23. The highest BCUT2D eigenvalue weighted by molar-refractivity contribution is 7.91. The SMILES string of the molecule is CCS(=O)(=O)c1ccccc1N[C@H]1CCCN(c2cnn(C)c2)C1. The van der Waals surface area contributed by atoms with Crippen molar-refractivity contribution in [3.8, 4) is 0 Å². The smallest absolute Gasteiger partial charge is 0.180 e. The molecule has 1 aliphatic rings. The van der Waals surface area contributed by atoms with Gasteiger partial charge < -0.3 is 10.2 Å². The topological polar surface area (TPSA) is 67.2 Å². The molecule has 0 saturated carbocycles. The molecule has 7 heteroatoms. The van der Waals surface area contributed by atoms with Gasteiger partial charge in [-0.1, -0.05) is 19.1 Å². The summed E-state index contributed by atoms with van der Waals surface area (Å²) >= 11 is 0. The third-order valence-electron chi connectivity index (χ3n) is 4.44. The summed E-state index contributed by atoms with van der Waals surface area (Å²) in [6, 6.07) is 7.40. The fourth-order valence-corrected chi connectivity index (χ4v) is 4.19. The Morgan fingerprint density at radius 1 is 1.33 bits per heavy atom. The van der Waals surface area contributed by atoms with Crippen LogP contribution in [-0.4, -0.2) is 43.1 Å². The third kappa shape index (κ3) is 3.56. The van der Waals surface area contributed by atoms with Gasteiger partial charge >= 0.3 is 0 Å². The lowest BCUT2D eigenvalue weighted by Gasteiger charge is -2.34. The summed E-state index contributed by atoms with van der Waals surface area (Å²) in [4.78, 5) is 2.69. The van der Waals surface area contributed by atoms with Crippen LogP contribution in [0.4, 0.5) is 11.4 Å². The van der Waals surface area contributed by atoms with Gasteiger partial charge in [-0.2, -0.15) is 5.10 Å². The third-order valence-corrected chi connectivity index (χ3v) is 6.23. The molecule has 6 nitrogen and oxygen atoms in total. The summed E-state index contributed by atoms with van der Waals surface area (Å²) in [7, 11) is -1.32. The fraction of sp³-hybridized carbons (Fsp3) is 0.471. The van der Waals surface area contributed by atoms with Gasteiger partial charge in [0, 0.05) is 32.4 Å². The van der Waals surface area contributed by atoms with Gasteiger partial charge in [-0.05, 0) is 25.0 Å². The van der Waals surface area contributed by atoms with Crippen LogP contribution in [0.5, 0.6) is 0 Å². The molecular weight excluding hydrogens is 324 g/mol. The van der Waals surface area contributed by atoms with Crippen LogP contribution >= 0.6 is 0 Å². The van der Waals surface area contributed by atoms with Crippen LogP contribution in [0.2, 0.25) is 0 Å². The molecule has 0 aliphatic carbocycles. The van der Waals surface area contributed by atoms with E-state index in [1.165, 1.54) is 0 Å². The van der Waals surface area contributed by atoms with Crippen LogP contribution in [0.1, 0.15) is 19.8 Å². The van der Waals surface area contributed by atoms with E-state index in [-0.39, 0.29) is 11.8 Å². The first-order valence-corrected chi connectivity index (χ1v) is 9.97. The van der Waals surface area contributed by atoms with Crippen molar-refractivity contribution in [2.45, 2.75) is 30.7 Å². The number of nitrogens with zero attached hydrogens (tertiary/aromatic N) is 3. The van der Waals surface area contributed by atoms with Crippen LogP contribution in [0.15, 0.2) is 41.6 Å². The van der Waals surface area contributed by atoms with Crippen LogP contribution in [0.3, 0.4) is 0 Å². The molecule has 1 fully saturated rings. The zero-order valence-corrected chi connectivity index (χ0v) is 15.0. The predicted octanol–water partition coefficient (Wildman–Crippen LogP) is 2.29. The molecule has 130 valence electrons. The second kappa shape index (κ2) is 6.84. The van der Waals surface area contributed by atoms with Gasteiger partial charge in [0.15, 0.2) is 9.84 Å². The van der Waals surface area contributed by atoms with Gasteiger partial charge in [0.2, 0.25) is 0 Å². The maximum absolute atomic E-state index is 12.3. The van der Waals surface area contributed by atoms with Crippen molar-refractivity contribution in [1.29, 1.82) is 0 Å². The first kappa shape index (κ1) is 16.8. The molecule has 1 atom stereocenters. The molecule has 0 bridgehead atoms. The van der Waals surface area contributed by atoms with Gasteiger partial charge in [-0.3, -0.25) is 4.68 Å². The number of anilines is 2. The summed E-state index contributed by atoms with van der Waals surface area (Å²) in [5.41, 5.74) is 1.82. The molecule has 2 heterocycles. The molecule has 1 aromatic heterocycles. The highest BCUT2D eigenvalue weighted by Crippen LogP contribution is 2.26. The number of piperidine rings is 1. The molecule has 2 aromatic rings. The first-order valence-electron chi connectivity index (χ1n) is 8.31. The fourth-order valence-electron chi connectivity index (χ4n) is 3.13. The number of para-hydroxylation sites is 1. The van der Waals surface area contributed by atoms with E-state index in [2.05, 4.69) is 15.3 Å². The average Bonchev–Trinajstić information content (AvgIpc) is 3.02. The zero-order valence-electron chi connectivity index (χ0n) is 14.1. The number of hydrogen-bond acceptors (Lipinski definition) is 5. The monoisotopic (exact) mass is 348 g/mol. The number of sulfone groups is 1. The predicted molar refractivity (Wildman–Crippen MR) is 96.2 cm³/mol. The van der Waals surface area contributed by atoms with Gasteiger partial charge in [-0.15, -0.1) is 0 Å². The van der Waals surface area contributed by atoms with Gasteiger partial charge in [0.25, 0.3) is 0 Å². The van der Waals surface area contributed by atoms with E-state index in [1.54, 1.807) is 23.7 Å². The molecule has 0 unspecified atom stereocenters. The number of aromatic nitrogens is 2. The Kier molecular flexibility index (Phi) is 4.80. The van der Waals surface area contributed by atoms with E-state index in [1.807, 2.05) is 31.6 Å². The molecule has 0 spiro atoms. The normalized spacial score (nSPS) is 18.6. The largest absolute Gasteiger partial charge is 0.379 e. The summed E-state index contributed by atoms with van der Waals surface area (Å²) in [6.07, 6.45) is 5.97. The molecule has 1 saturated heterocycles. The van der Waals surface area contributed by atoms with E-state index >= 15 is 0 Å². The Balaban J connectivity index is 1.77. The molecule has 1 aromatic carbocycles. The first-order chi connectivity index (χ1) is 11.5. The molecule has 1 aliphatic heterocycles. The number of aryl methyl sites for hydroxylation is 1. The van der Waals surface area contributed by atoms with E-state index in [4.69, 9.17) is 0 Å². The highest BCUT2D eigenvalue weighted by atomic mass is 32.2. The summed E-state index contributed by atoms with van der Waals surface area (Å²) in [6.45, 7) is 3.52. The zero-order chi connectivity index (χ0) is 17.2. The van der Waals surface area contributed by atoms with Crippen molar-refractivity contribution in [3.63, 3.8) is 0 Å². The van der Waals surface area contributed by atoms with E-state index in [0.717, 1.165) is 31.6 Å². The Bertz CT molecular complexity index is 800. The highest BCUT2D eigenvalue weighted by Gasteiger charge is 2.23. The standard InChI is InChI=1S/C17H24N4O2S/c1-3-24(22,23)17-9-5-4-8-16(17)19-14-7-6-10-21(12-14)15-11-18-20(2)13-15/h4-5,8-9,11,13-14,19H,3,6-7,10,12H2,1-2H3/t14-/m0/s1. The summed E-state index contributed by atoms with van der Waals surface area (Å²) < 4.78 is 26.4. The molecular formula is C17H24N4O2S. The van der Waals surface area contributed by atoms with Crippen molar-refractivity contribution >= 4 is 21.2 Å². The summed E-state index contributed by atoms with van der Waals surface area (Å²) in [5, 5.41) is 7.68. The number of hydrogen-bond donors (Lipinski definition) is 1. The summed E-state index contributed by atoms with van der Waals surface area (Å²) in [5.74, 6) is 0.109. The van der Waals surface area contributed by atoms with Gasteiger partial charge in [-0.25, -0.2) is 8.42 Å². The van der Waals surface area contributed by atoms with Gasteiger partial charge in [0.1, 0.15) is 0 Å². The molecule has 0 radical (unpaired) electrons. The van der Waals surface area contributed by atoms with Crippen molar-refractivity contribution in [3.05, 3.63) is 36.7 Å². The van der Waals surface area contributed by atoms with Gasteiger partial charge in [0.05, 0.1) is 28.2 Å². The molecule has 1 N–H and O–H groups in total. The Morgan fingerprint density at radius 2 is 2.12 bits per heavy atom.